The molecule has 0 radical (unpaired) electrons. The first kappa shape index (κ1) is 14.0. The Kier molecular flexibility index (Phi) is 3.64. The van der Waals surface area contributed by atoms with Gasteiger partial charge >= 0.3 is 0 Å². The maximum atomic E-state index is 12.9. The van der Waals surface area contributed by atoms with Crippen LogP contribution in [0.2, 0.25) is 0 Å². The van der Waals surface area contributed by atoms with Crippen molar-refractivity contribution in [1.82, 2.24) is 0 Å². The number of ether oxygens (including phenoxy) is 1. The number of carbonyl (C=O) groups is 1. The van der Waals surface area contributed by atoms with E-state index in [0.717, 1.165) is 21.8 Å². The van der Waals surface area contributed by atoms with Gasteiger partial charge in [0.2, 0.25) is 0 Å². The molecule has 108 valence electrons. The molecule has 1 unspecified atom stereocenters. The van der Waals surface area contributed by atoms with E-state index in [1.54, 1.807) is 12.1 Å². The van der Waals surface area contributed by atoms with Crippen molar-refractivity contribution < 1.29 is 14.6 Å². The fourth-order valence-corrected chi connectivity index (χ4v) is 3.86. The number of ketones is 1. The summed E-state index contributed by atoms with van der Waals surface area (Å²) in [6, 6.07) is 11.2. The second-order valence-electron chi connectivity index (χ2n) is 4.99. The maximum absolute atomic E-state index is 12.9. The van der Waals surface area contributed by atoms with Crippen molar-refractivity contribution in [2.24, 2.45) is 0 Å². The van der Waals surface area contributed by atoms with Crippen LogP contribution in [-0.2, 0) is 0 Å². The molecule has 3 nitrogen and oxygen atoms in total. The molecule has 2 aromatic rings. The summed E-state index contributed by atoms with van der Waals surface area (Å²) in [7, 11) is 1.49. The Morgan fingerprint density at radius 2 is 2.00 bits per heavy atom. The lowest BCUT2D eigenvalue weighted by molar-refractivity contribution is 0.0954. The number of Topliss-reactive ketones (excluding diaryl/α,β-unsaturated/α-hetero) is 1. The number of phenolic OH excluding ortho intramolecular Hbond substituents is 1. The molecule has 0 aliphatic carbocycles. The van der Waals surface area contributed by atoms with Crippen LogP contribution >= 0.6 is 11.8 Å². The summed E-state index contributed by atoms with van der Waals surface area (Å²) in [4.78, 5) is 14.7. The van der Waals surface area contributed by atoms with Crippen molar-refractivity contribution in [2.45, 2.75) is 29.1 Å². The van der Waals surface area contributed by atoms with Crippen molar-refractivity contribution in [3.8, 4) is 11.5 Å². The number of hydrogen-bond acceptors (Lipinski definition) is 4. The molecule has 0 aromatic heterocycles. The Morgan fingerprint density at radius 1 is 1.24 bits per heavy atom. The van der Waals surface area contributed by atoms with Crippen LogP contribution in [-0.4, -0.2) is 18.0 Å². The predicted octanol–water partition coefficient (Wildman–Crippen LogP) is 4.24. The molecule has 0 spiro atoms. The molecule has 1 N–H and O–H groups in total. The standard InChI is InChI=1S/C17H16O3S/c1-3-10-11-6-4-5-7-15(11)21-16-9-13(18)14(20-2)8-12(16)17(10)19/h4-10,18H,3H2,1-2H3. The van der Waals surface area contributed by atoms with Gasteiger partial charge in [-0.25, -0.2) is 0 Å². The molecule has 2 aromatic carbocycles. The fourth-order valence-electron chi connectivity index (χ4n) is 2.70. The molecular weight excluding hydrogens is 284 g/mol. The molecule has 1 heterocycles. The molecule has 1 aliphatic rings. The molecule has 0 bridgehead atoms. The van der Waals surface area contributed by atoms with E-state index in [0.29, 0.717) is 11.3 Å². The van der Waals surface area contributed by atoms with E-state index in [-0.39, 0.29) is 17.5 Å². The van der Waals surface area contributed by atoms with E-state index in [2.05, 4.69) is 0 Å². The summed E-state index contributed by atoms with van der Waals surface area (Å²) in [6.45, 7) is 2.02. The Labute approximate surface area is 127 Å². The molecule has 0 fully saturated rings. The van der Waals surface area contributed by atoms with Crippen molar-refractivity contribution >= 4 is 17.5 Å². The summed E-state index contributed by atoms with van der Waals surface area (Å²) < 4.78 is 5.13. The summed E-state index contributed by atoms with van der Waals surface area (Å²) in [5, 5.41) is 9.97. The molecule has 0 saturated heterocycles. The third-order valence-electron chi connectivity index (χ3n) is 3.79. The highest BCUT2D eigenvalue weighted by atomic mass is 32.2. The first-order chi connectivity index (χ1) is 10.2. The zero-order valence-corrected chi connectivity index (χ0v) is 12.7. The maximum Gasteiger partial charge on any atom is 0.171 e. The van der Waals surface area contributed by atoms with Gasteiger partial charge in [0, 0.05) is 21.3 Å². The fraction of sp³-hybridized carbons (Fsp3) is 0.235. The zero-order valence-electron chi connectivity index (χ0n) is 11.9. The Balaban J connectivity index is 2.23. The van der Waals surface area contributed by atoms with Gasteiger partial charge in [-0.1, -0.05) is 36.9 Å². The van der Waals surface area contributed by atoms with Crippen molar-refractivity contribution in [3.05, 3.63) is 47.5 Å². The summed E-state index contributed by atoms with van der Waals surface area (Å²) >= 11 is 1.52. The summed E-state index contributed by atoms with van der Waals surface area (Å²) in [5.74, 6) is 0.333. The number of rotatable bonds is 2. The van der Waals surface area contributed by atoms with Gasteiger partial charge < -0.3 is 9.84 Å². The number of fused-ring (bicyclic) bond motifs is 2. The van der Waals surface area contributed by atoms with Crippen molar-refractivity contribution in [1.29, 1.82) is 0 Å². The predicted molar refractivity (Wildman–Crippen MR) is 82.6 cm³/mol. The number of benzene rings is 2. The Morgan fingerprint density at radius 3 is 2.71 bits per heavy atom. The van der Waals surface area contributed by atoms with Gasteiger partial charge in [-0.3, -0.25) is 4.79 Å². The van der Waals surface area contributed by atoms with Crippen LogP contribution in [0.3, 0.4) is 0 Å². The van der Waals surface area contributed by atoms with E-state index < -0.39 is 0 Å². The highest BCUT2D eigenvalue weighted by molar-refractivity contribution is 7.99. The minimum absolute atomic E-state index is 0.0592. The van der Waals surface area contributed by atoms with Crippen molar-refractivity contribution in [2.75, 3.05) is 7.11 Å². The second-order valence-corrected chi connectivity index (χ2v) is 6.07. The van der Waals surface area contributed by atoms with Crippen LogP contribution in [0.15, 0.2) is 46.2 Å². The molecule has 3 rings (SSSR count). The Hall–Kier alpha value is -1.94. The lowest BCUT2D eigenvalue weighted by atomic mass is 9.88. The van der Waals surface area contributed by atoms with Crippen LogP contribution in [0, 0.1) is 0 Å². The van der Waals surface area contributed by atoms with Gasteiger partial charge in [0.05, 0.1) is 7.11 Å². The number of carbonyl (C=O) groups excluding carboxylic acids is 1. The number of hydrogen-bond donors (Lipinski definition) is 1. The smallest absolute Gasteiger partial charge is 0.171 e. The monoisotopic (exact) mass is 300 g/mol. The van der Waals surface area contributed by atoms with Gasteiger partial charge in [0.25, 0.3) is 0 Å². The third-order valence-corrected chi connectivity index (χ3v) is 4.93. The molecule has 0 amide bonds. The molecule has 4 heteroatoms. The number of aromatic hydroxyl groups is 1. The van der Waals surface area contributed by atoms with Crippen LogP contribution in [0.5, 0.6) is 11.5 Å². The van der Waals surface area contributed by atoms with Gasteiger partial charge in [-0.2, -0.15) is 0 Å². The minimum Gasteiger partial charge on any atom is -0.504 e. The number of methoxy groups -OCH3 is 1. The highest BCUT2D eigenvalue weighted by Gasteiger charge is 2.29. The second kappa shape index (κ2) is 5.45. The first-order valence-electron chi connectivity index (χ1n) is 6.87. The number of phenols is 1. The summed E-state index contributed by atoms with van der Waals surface area (Å²) in [5.41, 5.74) is 1.68. The lowest BCUT2D eigenvalue weighted by Crippen LogP contribution is -2.12. The van der Waals surface area contributed by atoms with Crippen LogP contribution in [0.1, 0.15) is 35.2 Å². The molecule has 0 saturated carbocycles. The molecule has 21 heavy (non-hydrogen) atoms. The highest BCUT2D eigenvalue weighted by Crippen LogP contribution is 2.45. The SMILES string of the molecule is CCC1C(=O)c2cc(OC)c(O)cc2Sc2ccccc21. The largest absolute Gasteiger partial charge is 0.504 e. The zero-order chi connectivity index (χ0) is 15.0. The lowest BCUT2D eigenvalue weighted by Gasteiger charge is -2.14. The average Bonchev–Trinajstić information content (AvgIpc) is 2.60. The van der Waals surface area contributed by atoms with Gasteiger partial charge in [0.15, 0.2) is 17.3 Å². The van der Waals surface area contributed by atoms with Crippen LogP contribution in [0.25, 0.3) is 0 Å². The topological polar surface area (TPSA) is 46.5 Å². The molecular formula is C17H16O3S. The third kappa shape index (κ3) is 2.29. The van der Waals surface area contributed by atoms with Gasteiger partial charge in [-0.15, -0.1) is 0 Å². The first-order valence-corrected chi connectivity index (χ1v) is 7.69. The Bertz CT molecular complexity index is 709. The molecule has 1 atom stereocenters. The average molecular weight is 300 g/mol. The van der Waals surface area contributed by atoms with Gasteiger partial charge in [-0.05, 0) is 30.2 Å². The van der Waals surface area contributed by atoms with Crippen molar-refractivity contribution in [3.63, 3.8) is 0 Å². The molecule has 1 aliphatic heterocycles. The van der Waals surface area contributed by atoms with E-state index in [1.807, 2.05) is 31.2 Å². The van der Waals surface area contributed by atoms with Gasteiger partial charge in [0.1, 0.15) is 0 Å². The minimum atomic E-state index is -0.149. The normalized spacial score (nSPS) is 16.9. The quantitative estimate of drug-likeness (QED) is 0.901. The van der Waals surface area contributed by atoms with E-state index in [1.165, 1.54) is 18.9 Å². The summed E-state index contributed by atoms with van der Waals surface area (Å²) in [6.07, 6.45) is 0.749. The van der Waals surface area contributed by atoms with Crippen LogP contribution < -0.4 is 4.74 Å². The van der Waals surface area contributed by atoms with Crippen LogP contribution in [0.4, 0.5) is 0 Å². The van der Waals surface area contributed by atoms with E-state index >= 15 is 0 Å². The van der Waals surface area contributed by atoms with E-state index in [9.17, 15) is 9.90 Å². The van der Waals surface area contributed by atoms with E-state index in [4.69, 9.17) is 4.74 Å².